The van der Waals surface area contributed by atoms with Crippen LogP contribution >= 0.6 is 23.2 Å². The number of hydrogen-bond donors (Lipinski definition) is 1. The summed E-state index contributed by atoms with van der Waals surface area (Å²) < 4.78 is 0. The van der Waals surface area contributed by atoms with E-state index in [-0.39, 0.29) is 12.1 Å². The lowest BCUT2D eigenvalue weighted by molar-refractivity contribution is 0.486. The number of terminal acetylenes is 1. The summed E-state index contributed by atoms with van der Waals surface area (Å²) in [5.74, 6) is 2.63. The van der Waals surface area contributed by atoms with E-state index < -0.39 is 0 Å². The molecule has 1 nitrogen and oxygen atoms in total. The van der Waals surface area contributed by atoms with Crippen LogP contribution in [0.5, 0.6) is 0 Å². The minimum Gasteiger partial charge on any atom is -0.307 e. The zero-order valence-corrected chi connectivity index (χ0v) is 10.9. The molecule has 0 aromatic heterocycles. The van der Waals surface area contributed by atoms with E-state index in [0.717, 1.165) is 5.56 Å². The molecule has 2 unspecified atom stereocenters. The Hall–Kier alpha value is -0.680. The molecule has 86 valence electrons. The van der Waals surface area contributed by atoms with E-state index >= 15 is 0 Å². The molecule has 0 bridgehead atoms. The van der Waals surface area contributed by atoms with Crippen molar-refractivity contribution in [3.05, 3.63) is 33.8 Å². The Bertz CT molecular complexity index is 395. The Labute approximate surface area is 107 Å². The molecule has 1 aromatic carbocycles. The minimum absolute atomic E-state index is 0.160. The highest BCUT2D eigenvalue weighted by Gasteiger charge is 2.11. The zero-order chi connectivity index (χ0) is 12.1. The molecule has 2 atom stereocenters. The SMILES string of the molecule is C#CCC(C)NC(C)c1ccc(Cl)cc1Cl. The van der Waals surface area contributed by atoms with Gasteiger partial charge in [0.1, 0.15) is 0 Å². The number of halogens is 2. The Morgan fingerprint density at radius 1 is 1.38 bits per heavy atom. The number of nitrogens with one attached hydrogen (secondary N) is 1. The van der Waals surface area contributed by atoms with Crippen molar-refractivity contribution in [2.24, 2.45) is 0 Å². The van der Waals surface area contributed by atoms with Gasteiger partial charge in [-0.05, 0) is 31.5 Å². The van der Waals surface area contributed by atoms with Crippen LogP contribution in [-0.4, -0.2) is 6.04 Å². The van der Waals surface area contributed by atoms with E-state index in [1.807, 2.05) is 12.1 Å². The van der Waals surface area contributed by atoms with Gasteiger partial charge in [0, 0.05) is 28.5 Å². The lowest BCUT2D eigenvalue weighted by atomic mass is 10.1. The van der Waals surface area contributed by atoms with Crippen molar-refractivity contribution in [1.82, 2.24) is 5.32 Å². The molecule has 0 aliphatic carbocycles. The van der Waals surface area contributed by atoms with Crippen molar-refractivity contribution in [1.29, 1.82) is 0 Å². The summed E-state index contributed by atoms with van der Waals surface area (Å²) in [6, 6.07) is 5.96. The Morgan fingerprint density at radius 2 is 2.06 bits per heavy atom. The van der Waals surface area contributed by atoms with E-state index in [2.05, 4.69) is 25.1 Å². The second-order valence-corrected chi connectivity index (χ2v) is 4.71. The van der Waals surface area contributed by atoms with E-state index in [0.29, 0.717) is 16.5 Å². The lowest BCUT2D eigenvalue weighted by Crippen LogP contribution is -2.28. The monoisotopic (exact) mass is 255 g/mol. The van der Waals surface area contributed by atoms with Crippen molar-refractivity contribution in [2.45, 2.75) is 32.4 Å². The molecule has 0 heterocycles. The van der Waals surface area contributed by atoms with E-state index in [1.54, 1.807) is 6.07 Å². The average Bonchev–Trinajstić information content (AvgIpc) is 2.17. The number of rotatable bonds is 4. The van der Waals surface area contributed by atoms with Gasteiger partial charge in [0.2, 0.25) is 0 Å². The van der Waals surface area contributed by atoms with Crippen LogP contribution in [0.4, 0.5) is 0 Å². The van der Waals surface area contributed by atoms with Gasteiger partial charge >= 0.3 is 0 Å². The van der Waals surface area contributed by atoms with Gasteiger partial charge < -0.3 is 5.32 Å². The Kier molecular flexibility index (Phi) is 5.15. The maximum absolute atomic E-state index is 6.12. The summed E-state index contributed by atoms with van der Waals surface area (Å²) in [5.41, 5.74) is 1.04. The zero-order valence-electron chi connectivity index (χ0n) is 9.43. The van der Waals surface area contributed by atoms with Crippen LogP contribution in [0, 0.1) is 12.3 Å². The number of hydrogen-bond acceptors (Lipinski definition) is 1. The predicted octanol–water partition coefficient (Wildman–Crippen LogP) is 4.06. The second-order valence-electron chi connectivity index (χ2n) is 3.86. The van der Waals surface area contributed by atoms with Crippen LogP contribution in [-0.2, 0) is 0 Å². The van der Waals surface area contributed by atoms with Crippen molar-refractivity contribution >= 4 is 23.2 Å². The van der Waals surface area contributed by atoms with E-state index in [1.165, 1.54) is 0 Å². The molecular formula is C13H15Cl2N. The first-order valence-corrected chi connectivity index (χ1v) is 5.94. The summed E-state index contributed by atoms with van der Waals surface area (Å²) in [4.78, 5) is 0. The van der Waals surface area contributed by atoms with Crippen molar-refractivity contribution in [2.75, 3.05) is 0 Å². The largest absolute Gasteiger partial charge is 0.307 e. The smallest absolute Gasteiger partial charge is 0.0468 e. The first-order chi connectivity index (χ1) is 7.54. The molecule has 0 radical (unpaired) electrons. The van der Waals surface area contributed by atoms with Crippen LogP contribution in [0.15, 0.2) is 18.2 Å². The van der Waals surface area contributed by atoms with Gasteiger partial charge in [-0.15, -0.1) is 12.3 Å². The highest BCUT2D eigenvalue weighted by Crippen LogP contribution is 2.26. The standard InChI is InChI=1S/C13H15Cl2N/c1-4-5-9(2)16-10(3)12-7-6-11(14)8-13(12)15/h1,6-10,16H,5H2,2-3H3. The van der Waals surface area contributed by atoms with Crippen LogP contribution in [0.25, 0.3) is 0 Å². The topological polar surface area (TPSA) is 12.0 Å². The molecule has 0 aliphatic rings. The highest BCUT2D eigenvalue weighted by molar-refractivity contribution is 6.35. The molecule has 0 fully saturated rings. The van der Waals surface area contributed by atoms with Gasteiger partial charge in [-0.1, -0.05) is 29.3 Å². The molecule has 0 spiro atoms. The summed E-state index contributed by atoms with van der Waals surface area (Å²) in [6.07, 6.45) is 5.96. The summed E-state index contributed by atoms with van der Waals surface area (Å²) >= 11 is 12.0. The molecule has 0 saturated heterocycles. The third-order valence-corrected chi connectivity index (χ3v) is 2.95. The highest BCUT2D eigenvalue weighted by atomic mass is 35.5. The summed E-state index contributed by atoms with van der Waals surface area (Å²) in [6.45, 7) is 4.11. The van der Waals surface area contributed by atoms with Crippen LogP contribution in [0.2, 0.25) is 10.0 Å². The molecule has 1 rings (SSSR count). The quantitative estimate of drug-likeness (QED) is 0.801. The van der Waals surface area contributed by atoms with Gasteiger partial charge in [-0.3, -0.25) is 0 Å². The summed E-state index contributed by atoms with van der Waals surface area (Å²) in [5, 5.41) is 4.72. The third kappa shape index (κ3) is 3.72. The molecule has 0 saturated carbocycles. The molecule has 1 aromatic rings. The molecule has 3 heteroatoms. The van der Waals surface area contributed by atoms with Crippen molar-refractivity contribution < 1.29 is 0 Å². The maximum Gasteiger partial charge on any atom is 0.0468 e. The lowest BCUT2D eigenvalue weighted by Gasteiger charge is -2.19. The normalized spacial score (nSPS) is 14.2. The van der Waals surface area contributed by atoms with Crippen LogP contribution < -0.4 is 5.32 Å². The summed E-state index contributed by atoms with van der Waals surface area (Å²) in [7, 11) is 0. The van der Waals surface area contributed by atoms with Crippen LogP contribution in [0.1, 0.15) is 31.9 Å². The van der Waals surface area contributed by atoms with Gasteiger partial charge in [0.05, 0.1) is 0 Å². The maximum atomic E-state index is 6.12. The molecule has 16 heavy (non-hydrogen) atoms. The first kappa shape index (κ1) is 13.4. The fourth-order valence-corrected chi connectivity index (χ4v) is 2.18. The van der Waals surface area contributed by atoms with Crippen molar-refractivity contribution in [3.63, 3.8) is 0 Å². The second kappa shape index (κ2) is 6.15. The Balaban J connectivity index is 2.73. The number of benzene rings is 1. The first-order valence-electron chi connectivity index (χ1n) is 5.19. The minimum atomic E-state index is 0.160. The molecule has 0 amide bonds. The predicted molar refractivity (Wildman–Crippen MR) is 70.9 cm³/mol. The van der Waals surface area contributed by atoms with Crippen LogP contribution in [0.3, 0.4) is 0 Å². The fraction of sp³-hybridized carbons (Fsp3) is 0.385. The van der Waals surface area contributed by atoms with Gasteiger partial charge in [0.25, 0.3) is 0 Å². The van der Waals surface area contributed by atoms with E-state index in [4.69, 9.17) is 29.6 Å². The average molecular weight is 256 g/mol. The van der Waals surface area contributed by atoms with E-state index in [9.17, 15) is 0 Å². The van der Waals surface area contributed by atoms with Gasteiger partial charge in [-0.2, -0.15) is 0 Å². The van der Waals surface area contributed by atoms with Crippen molar-refractivity contribution in [3.8, 4) is 12.3 Å². The van der Waals surface area contributed by atoms with Gasteiger partial charge in [0.15, 0.2) is 0 Å². The molecular weight excluding hydrogens is 241 g/mol. The third-order valence-electron chi connectivity index (χ3n) is 2.39. The Morgan fingerprint density at radius 3 is 2.62 bits per heavy atom. The fourth-order valence-electron chi connectivity index (χ4n) is 1.60. The van der Waals surface area contributed by atoms with Gasteiger partial charge in [-0.25, -0.2) is 0 Å². The molecule has 0 aliphatic heterocycles. The molecule has 1 N–H and O–H groups in total.